The second kappa shape index (κ2) is 7.69. The van der Waals surface area contributed by atoms with Crippen LogP contribution in [-0.4, -0.2) is 59.0 Å². The predicted molar refractivity (Wildman–Crippen MR) is 109 cm³/mol. The summed E-state index contributed by atoms with van der Waals surface area (Å²) >= 11 is 0. The van der Waals surface area contributed by atoms with Crippen molar-refractivity contribution in [3.05, 3.63) is 29.8 Å². The number of carbonyl (C=O) groups excluding carboxylic acids is 2. The monoisotopic (exact) mass is 399 g/mol. The van der Waals surface area contributed by atoms with E-state index in [2.05, 4.69) is 12.2 Å². The number of aliphatic carboxylic acids is 1. The summed E-state index contributed by atoms with van der Waals surface area (Å²) in [5, 5.41) is 12.5. The number of carboxylic acid groups (broad SMARTS) is 1. The molecule has 0 radical (unpaired) electrons. The number of fused-ring (bicyclic) bond motifs is 1. The number of amides is 3. The van der Waals surface area contributed by atoms with Crippen LogP contribution in [0.1, 0.15) is 49.4 Å². The fourth-order valence-corrected chi connectivity index (χ4v) is 5.09. The first-order valence-corrected chi connectivity index (χ1v) is 10.6. The van der Waals surface area contributed by atoms with E-state index in [1.165, 1.54) is 0 Å². The Bertz CT molecular complexity index is 801. The zero-order chi connectivity index (χ0) is 20.6. The van der Waals surface area contributed by atoms with Gasteiger partial charge in [-0.25, -0.2) is 4.79 Å². The predicted octanol–water partition coefficient (Wildman–Crippen LogP) is 3.28. The first kappa shape index (κ1) is 19.7. The van der Waals surface area contributed by atoms with E-state index in [4.69, 9.17) is 0 Å². The highest BCUT2D eigenvalue weighted by Crippen LogP contribution is 2.48. The third-order valence-electron chi connectivity index (χ3n) is 7.04. The van der Waals surface area contributed by atoms with Crippen molar-refractivity contribution < 1.29 is 19.5 Å². The molecule has 1 aromatic rings. The molecule has 7 heteroatoms. The summed E-state index contributed by atoms with van der Waals surface area (Å²) in [6, 6.07) is 6.69. The van der Waals surface area contributed by atoms with Crippen molar-refractivity contribution in [2.24, 2.45) is 17.3 Å². The van der Waals surface area contributed by atoms with E-state index < -0.39 is 11.4 Å². The number of likely N-dealkylation sites (tertiary alicyclic amines) is 2. The standard InChI is InChI=1S/C22H29N3O4/c1-15-8-11-24(12-9-15)19(26)16-4-6-18(7-5-16)23-21(29)25-13-17-3-2-10-22(17,14-25)20(27)28/h4-7,15,17H,2-3,8-14H2,1H3,(H,23,29)(H,27,28)/t17-,22+/m0/s1. The molecule has 2 heterocycles. The maximum absolute atomic E-state index is 12.7. The van der Waals surface area contributed by atoms with Gasteiger partial charge in [0, 0.05) is 37.4 Å². The van der Waals surface area contributed by atoms with Crippen molar-refractivity contribution in [1.82, 2.24) is 9.80 Å². The topological polar surface area (TPSA) is 90.0 Å². The Morgan fingerprint density at radius 2 is 1.76 bits per heavy atom. The van der Waals surface area contributed by atoms with Crippen LogP contribution in [-0.2, 0) is 4.79 Å². The molecule has 0 bridgehead atoms. The summed E-state index contributed by atoms with van der Waals surface area (Å²) in [7, 11) is 0. The molecule has 3 fully saturated rings. The summed E-state index contributed by atoms with van der Waals surface area (Å²) in [5.74, 6) is -0.0455. The SMILES string of the molecule is CC1CCN(C(=O)c2ccc(NC(=O)N3C[C@@H]4CCC[C@@]4(C(=O)O)C3)cc2)CC1. The first-order chi connectivity index (χ1) is 13.9. The highest BCUT2D eigenvalue weighted by Gasteiger charge is 2.55. The lowest BCUT2D eigenvalue weighted by Gasteiger charge is -2.30. The quantitative estimate of drug-likeness (QED) is 0.816. The van der Waals surface area contributed by atoms with Gasteiger partial charge in [-0.15, -0.1) is 0 Å². The molecular formula is C22H29N3O4. The van der Waals surface area contributed by atoms with Gasteiger partial charge in [-0.05, 0) is 61.8 Å². The average Bonchev–Trinajstić information content (AvgIpc) is 3.27. The van der Waals surface area contributed by atoms with Gasteiger partial charge in [-0.3, -0.25) is 9.59 Å². The van der Waals surface area contributed by atoms with Crippen molar-refractivity contribution in [3.8, 4) is 0 Å². The lowest BCUT2D eigenvalue weighted by Crippen LogP contribution is -2.38. The van der Waals surface area contributed by atoms with Crippen LogP contribution in [0.3, 0.4) is 0 Å². The first-order valence-electron chi connectivity index (χ1n) is 10.6. The number of anilines is 1. The lowest BCUT2D eigenvalue weighted by molar-refractivity contribution is -0.149. The van der Waals surface area contributed by atoms with Crippen molar-refractivity contribution in [2.75, 3.05) is 31.5 Å². The summed E-state index contributed by atoms with van der Waals surface area (Å²) < 4.78 is 0. The van der Waals surface area contributed by atoms with Gasteiger partial charge < -0.3 is 20.2 Å². The van der Waals surface area contributed by atoms with Gasteiger partial charge in [0.25, 0.3) is 5.91 Å². The Kier molecular flexibility index (Phi) is 5.23. The molecule has 1 aromatic carbocycles. The van der Waals surface area contributed by atoms with Crippen LogP contribution in [0.4, 0.5) is 10.5 Å². The van der Waals surface area contributed by atoms with Gasteiger partial charge in [0.05, 0.1) is 5.41 Å². The number of nitrogens with one attached hydrogen (secondary N) is 1. The Morgan fingerprint density at radius 3 is 2.38 bits per heavy atom. The third-order valence-corrected chi connectivity index (χ3v) is 7.04. The van der Waals surface area contributed by atoms with Gasteiger partial charge >= 0.3 is 12.0 Å². The minimum atomic E-state index is -0.787. The van der Waals surface area contributed by atoms with Crippen LogP contribution in [0, 0.1) is 17.3 Å². The van der Waals surface area contributed by atoms with Gasteiger partial charge in [-0.2, -0.15) is 0 Å². The molecular weight excluding hydrogens is 370 g/mol. The number of hydrogen-bond acceptors (Lipinski definition) is 3. The second-order valence-corrected chi connectivity index (χ2v) is 8.91. The zero-order valence-corrected chi connectivity index (χ0v) is 16.9. The molecule has 29 heavy (non-hydrogen) atoms. The van der Waals surface area contributed by atoms with Crippen LogP contribution in [0.2, 0.25) is 0 Å². The maximum atomic E-state index is 12.7. The number of piperidine rings is 1. The minimum absolute atomic E-state index is 0.0329. The van der Waals surface area contributed by atoms with Crippen LogP contribution in [0.15, 0.2) is 24.3 Å². The molecule has 1 saturated carbocycles. The van der Waals surface area contributed by atoms with Crippen LogP contribution >= 0.6 is 0 Å². The van der Waals surface area contributed by atoms with Gasteiger partial charge in [0.15, 0.2) is 0 Å². The van der Waals surface area contributed by atoms with E-state index in [1.54, 1.807) is 29.2 Å². The Labute approximate surface area is 171 Å². The fourth-order valence-electron chi connectivity index (χ4n) is 5.09. The highest BCUT2D eigenvalue weighted by atomic mass is 16.4. The van der Waals surface area contributed by atoms with Crippen LogP contribution < -0.4 is 5.32 Å². The summed E-state index contributed by atoms with van der Waals surface area (Å²) in [6.45, 7) is 4.55. The largest absolute Gasteiger partial charge is 0.481 e. The molecule has 0 unspecified atom stereocenters. The molecule has 7 nitrogen and oxygen atoms in total. The number of nitrogens with zero attached hydrogens (tertiary/aromatic N) is 2. The molecule has 2 N–H and O–H groups in total. The average molecular weight is 399 g/mol. The lowest BCUT2D eigenvalue weighted by atomic mass is 9.81. The number of carboxylic acids is 1. The molecule has 1 aliphatic carbocycles. The second-order valence-electron chi connectivity index (χ2n) is 8.91. The zero-order valence-electron chi connectivity index (χ0n) is 16.9. The summed E-state index contributed by atoms with van der Waals surface area (Å²) in [5.41, 5.74) is 0.456. The normalized spacial score (nSPS) is 27.0. The molecule has 0 spiro atoms. The van der Waals surface area contributed by atoms with Crippen molar-refractivity contribution in [1.29, 1.82) is 0 Å². The van der Waals surface area contributed by atoms with E-state index in [-0.39, 0.29) is 24.4 Å². The molecule has 2 aliphatic heterocycles. The minimum Gasteiger partial charge on any atom is -0.481 e. The van der Waals surface area contributed by atoms with Crippen molar-refractivity contribution in [2.45, 2.75) is 39.0 Å². The molecule has 0 aromatic heterocycles. The van der Waals surface area contributed by atoms with E-state index in [1.807, 2.05) is 4.90 Å². The van der Waals surface area contributed by atoms with Gasteiger partial charge in [0.1, 0.15) is 0 Å². The molecule has 2 atom stereocenters. The van der Waals surface area contributed by atoms with E-state index in [0.717, 1.165) is 38.8 Å². The van der Waals surface area contributed by atoms with Crippen LogP contribution in [0.5, 0.6) is 0 Å². The Morgan fingerprint density at radius 1 is 1.07 bits per heavy atom. The molecule has 3 aliphatic rings. The van der Waals surface area contributed by atoms with E-state index >= 15 is 0 Å². The smallest absolute Gasteiger partial charge is 0.321 e. The Balaban J connectivity index is 1.36. The number of carbonyl (C=O) groups is 3. The number of rotatable bonds is 3. The molecule has 4 rings (SSSR count). The molecule has 156 valence electrons. The number of hydrogen-bond donors (Lipinski definition) is 2. The van der Waals surface area contributed by atoms with E-state index in [9.17, 15) is 19.5 Å². The summed E-state index contributed by atoms with van der Waals surface area (Å²) in [6.07, 6.45) is 4.49. The fraction of sp³-hybridized carbons (Fsp3) is 0.591. The Hall–Kier alpha value is -2.57. The highest BCUT2D eigenvalue weighted by molar-refractivity contribution is 5.96. The van der Waals surface area contributed by atoms with Gasteiger partial charge in [0.2, 0.25) is 0 Å². The van der Waals surface area contributed by atoms with Gasteiger partial charge in [-0.1, -0.05) is 13.3 Å². The number of urea groups is 1. The summed E-state index contributed by atoms with van der Waals surface area (Å²) in [4.78, 5) is 40.6. The molecule has 2 saturated heterocycles. The van der Waals surface area contributed by atoms with Crippen LogP contribution in [0.25, 0.3) is 0 Å². The third kappa shape index (κ3) is 3.70. The maximum Gasteiger partial charge on any atom is 0.321 e. The van der Waals surface area contributed by atoms with Crippen molar-refractivity contribution in [3.63, 3.8) is 0 Å². The van der Waals surface area contributed by atoms with E-state index in [0.29, 0.717) is 30.1 Å². The van der Waals surface area contributed by atoms with Crippen molar-refractivity contribution >= 4 is 23.6 Å². The number of benzene rings is 1. The molecule has 3 amide bonds.